The minimum atomic E-state index is -0.678. The van der Waals surface area contributed by atoms with Crippen LogP contribution in [-0.2, 0) is 0 Å². The van der Waals surface area contributed by atoms with Crippen molar-refractivity contribution in [3.8, 4) is 0 Å². The molecule has 0 aliphatic rings. The Labute approximate surface area is 116 Å². The van der Waals surface area contributed by atoms with E-state index in [1.807, 2.05) is 0 Å². The fourth-order valence-electron chi connectivity index (χ4n) is 1.52. The van der Waals surface area contributed by atoms with E-state index in [4.69, 9.17) is 5.73 Å². The van der Waals surface area contributed by atoms with E-state index in [9.17, 15) is 13.6 Å². The number of carbonyl (C=O) groups excluding carboxylic acids is 1. The lowest BCUT2D eigenvalue weighted by molar-refractivity contribution is 0.102. The molecule has 0 saturated carbocycles. The summed E-state index contributed by atoms with van der Waals surface area (Å²) in [6.07, 6.45) is 0. The fraction of sp³-hybridized carbons (Fsp3) is 0. The van der Waals surface area contributed by atoms with E-state index in [1.165, 1.54) is 18.2 Å². The highest BCUT2D eigenvalue weighted by Crippen LogP contribution is 2.26. The molecule has 0 aromatic heterocycles. The minimum absolute atomic E-state index is 0.0174. The number of halogens is 3. The van der Waals surface area contributed by atoms with Crippen LogP contribution >= 0.6 is 15.9 Å². The van der Waals surface area contributed by atoms with Crippen molar-refractivity contribution in [2.75, 3.05) is 11.1 Å². The predicted octanol–water partition coefficient (Wildman–Crippen LogP) is 3.56. The average molecular weight is 327 g/mol. The number of rotatable bonds is 2. The molecule has 0 aliphatic heterocycles. The Hall–Kier alpha value is -1.95. The van der Waals surface area contributed by atoms with Crippen LogP contribution in [0, 0.1) is 11.6 Å². The molecule has 0 spiro atoms. The van der Waals surface area contributed by atoms with E-state index in [2.05, 4.69) is 21.2 Å². The Kier molecular flexibility index (Phi) is 3.80. The van der Waals surface area contributed by atoms with Gasteiger partial charge >= 0.3 is 0 Å². The zero-order valence-electron chi connectivity index (χ0n) is 9.58. The molecular weight excluding hydrogens is 318 g/mol. The molecule has 2 aromatic carbocycles. The monoisotopic (exact) mass is 326 g/mol. The Bertz CT molecular complexity index is 626. The molecule has 0 fully saturated rings. The second-order valence-corrected chi connectivity index (χ2v) is 4.64. The Morgan fingerprint density at radius 1 is 1.21 bits per heavy atom. The van der Waals surface area contributed by atoms with Crippen molar-refractivity contribution in [2.24, 2.45) is 0 Å². The normalized spacial score (nSPS) is 10.3. The molecule has 0 saturated heterocycles. The molecule has 1 amide bonds. The number of benzene rings is 2. The van der Waals surface area contributed by atoms with E-state index in [0.29, 0.717) is 4.47 Å². The van der Waals surface area contributed by atoms with E-state index in [1.54, 1.807) is 6.07 Å². The summed E-state index contributed by atoms with van der Waals surface area (Å²) >= 11 is 3.12. The summed E-state index contributed by atoms with van der Waals surface area (Å²) in [6, 6.07) is 7.69. The number of amides is 1. The summed E-state index contributed by atoms with van der Waals surface area (Å²) in [6.45, 7) is 0. The number of carbonyl (C=O) groups is 1. The molecule has 0 radical (unpaired) electrons. The van der Waals surface area contributed by atoms with Crippen LogP contribution in [-0.4, -0.2) is 5.91 Å². The van der Waals surface area contributed by atoms with E-state index in [0.717, 1.165) is 12.1 Å². The molecule has 2 rings (SSSR count). The van der Waals surface area contributed by atoms with Gasteiger partial charge in [-0.05, 0) is 46.3 Å². The molecule has 0 unspecified atom stereocenters. The van der Waals surface area contributed by atoms with Gasteiger partial charge in [-0.25, -0.2) is 8.78 Å². The molecule has 0 heterocycles. The van der Waals surface area contributed by atoms with Gasteiger partial charge in [0.25, 0.3) is 5.91 Å². The number of para-hydroxylation sites is 1. The van der Waals surface area contributed by atoms with Crippen molar-refractivity contribution in [3.05, 3.63) is 58.1 Å². The van der Waals surface area contributed by atoms with Crippen molar-refractivity contribution in [1.82, 2.24) is 0 Å². The van der Waals surface area contributed by atoms with Gasteiger partial charge in [0, 0.05) is 10.2 Å². The summed E-state index contributed by atoms with van der Waals surface area (Å²) in [7, 11) is 0. The van der Waals surface area contributed by atoms with Gasteiger partial charge in [-0.15, -0.1) is 0 Å². The lowest BCUT2D eigenvalue weighted by atomic mass is 10.1. The van der Waals surface area contributed by atoms with Crippen LogP contribution in [0.4, 0.5) is 20.2 Å². The number of hydrogen-bond acceptors (Lipinski definition) is 2. The molecule has 2 aromatic rings. The van der Waals surface area contributed by atoms with Gasteiger partial charge in [0.15, 0.2) is 0 Å². The van der Waals surface area contributed by atoms with Crippen LogP contribution in [0.1, 0.15) is 10.4 Å². The number of anilines is 2. The van der Waals surface area contributed by atoms with Crippen LogP contribution < -0.4 is 11.1 Å². The molecular formula is C13H9BrF2N2O. The molecule has 6 heteroatoms. The Morgan fingerprint density at radius 2 is 1.95 bits per heavy atom. The zero-order chi connectivity index (χ0) is 14.0. The van der Waals surface area contributed by atoms with Gasteiger partial charge in [0.1, 0.15) is 11.6 Å². The number of nitrogens with two attached hydrogens (primary N) is 1. The van der Waals surface area contributed by atoms with Crippen molar-refractivity contribution in [3.63, 3.8) is 0 Å². The Balaban J connectivity index is 2.34. The largest absolute Gasteiger partial charge is 0.398 e. The topological polar surface area (TPSA) is 55.1 Å². The maximum atomic E-state index is 13.6. The highest BCUT2D eigenvalue weighted by Gasteiger charge is 2.15. The quantitative estimate of drug-likeness (QED) is 0.829. The van der Waals surface area contributed by atoms with Gasteiger partial charge in [-0.3, -0.25) is 4.79 Å². The molecule has 0 atom stereocenters. The smallest absolute Gasteiger partial charge is 0.257 e. The second kappa shape index (κ2) is 5.36. The summed E-state index contributed by atoms with van der Waals surface area (Å²) in [5.41, 5.74) is 5.64. The fourth-order valence-corrected chi connectivity index (χ4v) is 1.96. The van der Waals surface area contributed by atoms with Crippen molar-refractivity contribution >= 4 is 33.2 Å². The molecule has 98 valence electrons. The van der Waals surface area contributed by atoms with Gasteiger partial charge in [-0.2, -0.15) is 0 Å². The maximum Gasteiger partial charge on any atom is 0.257 e. The minimum Gasteiger partial charge on any atom is -0.398 e. The third-order valence-electron chi connectivity index (χ3n) is 2.46. The van der Waals surface area contributed by atoms with E-state index >= 15 is 0 Å². The van der Waals surface area contributed by atoms with Crippen LogP contribution in [0.5, 0.6) is 0 Å². The summed E-state index contributed by atoms with van der Waals surface area (Å²) in [4.78, 5) is 11.9. The first-order valence-corrected chi connectivity index (χ1v) is 6.08. The number of hydrogen-bond donors (Lipinski definition) is 2. The zero-order valence-corrected chi connectivity index (χ0v) is 11.2. The highest BCUT2D eigenvalue weighted by atomic mass is 79.9. The molecule has 0 aliphatic carbocycles. The summed E-state index contributed by atoms with van der Waals surface area (Å²) < 4.78 is 27.0. The predicted molar refractivity (Wildman–Crippen MR) is 72.9 cm³/mol. The molecule has 3 N–H and O–H groups in total. The molecule has 19 heavy (non-hydrogen) atoms. The molecule has 3 nitrogen and oxygen atoms in total. The lowest BCUT2D eigenvalue weighted by Crippen LogP contribution is -2.15. The summed E-state index contributed by atoms with van der Waals surface area (Å²) in [5, 5.41) is 2.36. The van der Waals surface area contributed by atoms with Crippen LogP contribution in [0.3, 0.4) is 0 Å². The van der Waals surface area contributed by atoms with E-state index in [-0.39, 0.29) is 16.9 Å². The third kappa shape index (κ3) is 2.90. The maximum absolute atomic E-state index is 13.6. The Morgan fingerprint density at radius 3 is 2.63 bits per heavy atom. The first-order chi connectivity index (χ1) is 8.99. The third-order valence-corrected chi connectivity index (χ3v) is 3.12. The van der Waals surface area contributed by atoms with Crippen molar-refractivity contribution < 1.29 is 13.6 Å². The SMILES string of the molecule is Nc1ccc(F)cc1C(=O)Nc1c(F)cccc1Br. The molecule has 0 bridgehead atoms. The number of nitrogens with one attached hydrogen (secondary N) is 1. The van der Waals surface area contributed by atoms with Gasteiger partial charge in [0.05, 0.1) is 11.3 Å². The first-order valence-electron chi connectivity index (χ1n) is 5.29. The van der Waals surface area contributed by atoms with Gasteiger partial charge < -0.3 is 11.1 Å². The standard InChI is InChI=1S/C13H9BrF2N2O/c14-9-2-1-3-10(16)12(9)18-13(19)8-6-7(15)4-5-11(8)17/h1-6H,17H2,(H,18,19). The first kappa shape index (κ1) is 13.5. The van der Waals surface area contributed by atoms with Gasteiger partial charge in [-0.1, -0.05) is 6.07 Å². The van der Waals surface area contributed by atoms with Gasteiger partial charge in [0.2, 0.25) is 0 Å². The lowest BCUT2D eigenvalue weighted by Gasteiger charge is -2.10. The summed E-state index contributed by atoms with van der Waals surface area (Å²) in [5.74, 6) is -1.87. The van der Waals surface area contributed by atoms with Crippen molar-refractivity contribution in [1.29, 1.82) is 0 Å². The van der Waals surface area contributed by atoms with Crippen LogP contribution in [0.15, 0.2) is 40.9 Å². The second-order valence-electron chi connectivity index (χ2n) is 3.78. The highest BCUT2D eigenvalue weighted by molar-refractivity contribution is 9.10. The van der Waals surface area contributed by atoms with E-state index < -0.39 is 17.5 Å². The van der Waals surface area contributed by atoms with Crippen LogP contribution in [0.25, 0.3) is 0 Å². The number of nitrogen functional groups attached to an aromatic ring is 1. The van der Waals surface area contributed by atoms with Crippen LogP contribution in [0.2, 0.25) is 0 Å². The average Bonchev–Trinajstić information content (AvgIpc) is 2.37. The van der Waals surface area contributed by atoms with Crippen molar-refractivity contribution in [2.45, 2.75) is 0 Å².